The lowest BCUT2D eigenvalue weighted by molar-refractivity contribution is 0.0544. The largest absolute Gasteiger partial charge is 0.496 e. The van der Waals surface area contributed by atoms with Gasteiger partial charge in [0.25, 0.3) is 0 Å². The topological polar surface area (TPSA) is 91.3 Å². The number of hydrogen-bond donors (Lipinski definition) is 0. The SMILES string of the molecule is COc1cc(C)c2c(ccn2C(=O)OC(C)(C)C)c1Cc1nc2ccc(C#N)cc2n1COCC[Si](C)(C)C. The molecule has 0 N–H and O–H groups in total. The summed E-state index contributed by atoms with van der Waals surface area (Å²) >= 11 is 0. The van der Waals surface area contributed by atoms with Crippen molar-refractivity contribution in [1.29, 1.82) is 5.26 Å². The van der Waals surface area contributed by atoms with E-state index in [1.807, 2.05) is 56.5 Å². The highest BCUT2D eigenvalue weighted by atomic mass is 28.3. The van der Waals surface area contributed by atoms with E-state index in [0.717, 1.165) is 50.7 Å². The van der Waals surface area contributed by atoms with Crippen LogP contribution in [-0.2, 0) is 22.6 Å². The molecule has 0 aliphatic heterocycles. The van der Waals surface area contributed by atoms with Gasteiger partial charge in [0, 0.05) is 38.2 Å². The Bertz CT molecular complexity index is 1560. The first kappa shape index (κ1) is 28.4. The maximum Gasteiger partial charge on any atom is 0.419 e. The fraction of sp³-hybridized carbons (Fsp3) is 0.433. The van der Waals surface area contributed by atoms with E-state index in [1.54, 1.807) is 23.9 Å². The lowest BCUT2D eigenvalue weighted by Gasteiger charge is -2.20. The van der Waals surface area contributed by atoms with E-state index in [-0.39, 0.29) is 0 Å². The van der Waals surface area contributed by atoms with Gasteiger partial charge < -0.3 is 18.8 Å². The average Bonchev–Trinajstić information content (AvgIpc) is 3.43. The zero-order valence-corrected chi connectivity index (χ0v) is 25.2. The van der Waals surface area contributed by atoms with E-state index in [9.17, 15) is 10.1 Å². The summed E-state index contributed by atoms with van der Waals surface area (Å²) in [6.07, 6.45) is 1.77. The molecule has 0 radical (unpaired) electrons. The van der Waals surface area contributed by atoms with Crippen LogP contribution in [0.5, 0.6) is 5.75 Å². The molecule has 0 unspecified atom stereocenters. The number of benzene rings is 2. The molecule has 4 rings (SSSR count). The molecule has 0 bridgehead atoms. The van der Waals surface area contributed by atoms with E-state index < -0.39 is 19.8 Å². The van der Waals surface area contributed by atoms with Crippen molar-refractivity contribution in [3.63, 3.8) is 0 Å². The Kier molecular flexibility index (Phi) is 7.91. The monoisotopic (exact) mass is 546 g/mol. The lowest BCUT2D eigenvalue weighted by Crippen LogP contribution is -2.26. The standard InChI is InChI=1S/C30H38N4O4Si/c1-20-15-26(36-5)23(22-11-12-33(28(20)22)29(35)38-30(2,3)4)17-27-32-24-10-9-21(18-31)16-25(24)34(27)19-37-13-14-39(6,7)8/h9-12,15-16H,13-14,17,19H2,1-8H3. The number of imidazole rings is 1. The maximum absolute atomic E-state index is 13.0. The number of aryl methyl sites for hydroxylation is 1. The van der Waals surface area contributed by atoms with E-state index in [0.29, 0.717) is 25.3 Å². The smallest absolute Gasteiger partial charge is 0.419 e. The predicted octanol–water partition coefficient (Wildman–Crippen LogP) is 6.87. The number of carbonyl (C=O) groups excluding carboxylic acids is 1. The van der Waals surface area contributed by atoms with Crippen molar-refractivity contribution in [2.45, 2.75) is 72.1 Å². The van der Waals surface area contributed by atoms with Gasteiger partial charge in [-0.05, 0) is 69.6 Å². The first-order valence-electron chi connectivity index (χ1n) is 13.2. The molecule has 0 aliphatic carbocycles. The van der Waals surface area contributed by atoms with Crippen molar-refractivity contribution in [1.82, 2.24) is 14.1 Å². The molecule has 0 saturated heterocycles. The molecule has 0 fully saturated rings. The van der Waals surface area contributed by atoms with Crippen LogP contribution >= 0.6 is 0 Å². The Morgan fingerprint density at radius 3 is 2.54 bits per heavy atom. The molecular weight excluding hydrogens is 508 g/mol. The molecule has 4 aromatic rings. The van der Waals surface area contributed by atoms with E-state index in [2.05, 4.69) is 25.7 Å². The predicted molar refractivity (Wildman–Crippen MR) is 156 cm³/mol. The number of rotatable bonds is 8. The molecule has 2 aromatic carbocycles. The highest BCUT2D eigenvalue weighted by molar-refractivity contribution is 6.76. The molecule has 39 heavy (non-hydrogen) atoms. The summed E-state index contributed by atoms with van der Waals surface area (Å²) in [5.74, 6) is 1.51. The second-order valence-electron chi connectivity index (χ2n) is 12.1. The molecule has 0 amide bonds. The quantitative estimate of drug-likeness (QED) is 0.177. The molecule has 0 saturated carbocycles. The second-order valence-corrected chi connectivity index (χ2v) is 17.7. The van der Waals surface area contributed by atoms with Crippen molar-refractivity contribution in [3.05, 3.63) is 59.0 Å². The molecule has 8 nitrogen and oxygen atoms in total. The summed E-state index contributed by atoms with van der Waals surface area (Å²) in [5, 5.41) is 10.4. The first-order valence-corrected chi connectivity index (χ1v) is 16.9. The van der Waals surface area contributed by atoms with Crippen LogP contribution in [-0.4, -0.2) is 47.6 Å². The third kappa shape index (κ3) is 6.35. The van der Waals surface area contributed by atoms with Crippen LogP contribution in [0.15, 0.2) is 36.5 Å². The third-order valence-corrected chi connectivity index (χ3v) is 8.25. The van der Waals surface area contributed by atoms with Crippen LogP contribution in [0.3, 0.4) is 0 Å². The zero-order chi connectivity index (χ0) is 28.5. The molecule has 2 aromatic heterocycles. The minimum atomic E-state index is -1.24. The number of fused-ring (bicyclic) bond motifs is 2. The molecule has 0 atom stereocenters. The Morgan fingerprint density at radius 2 is 1.90 bits per heavy atom. The number of nitrogens with zero attached hydrogens (tertiary/aromatic N) is 4. The highest BCUT2D eigenvalue weighted by Crippen LogP contribution is 2.34. The van der Waals surface area contributed by atoms with E-state index in [1.165, 1.54) is 0 Å². The van der Waals surface area contributed by atoms with E-state index >= 15 is 0 Å². The number of aromatic nitrogens is 3. The van der Waals surface area contributed by atoms with Gasteiger partial charge in [-0.25, -0.2) is 9.78 Å². The van der Waals surface area contributed by atoms with Gasteiger partial charge in [-0.3, -0.25) is 4.57 Å². The van der Waals surface area contributed by atoms with Crippen LogP contribution < -0.4 is 4.74 Å². The van der Waals surface area contributed by atoms with Gasteiger partial charge in [-0.1, -0.05) is 19.6 Å². The Morgan fingerprint density at radius 1 is 1.15 bits per heavy atom. The molecule has 9 heteroatoms. The lowest BCUT2D eigenvalue weighted by atomic mass is 10.0. The third-order valence-electron chi connectivity index (χ3n) is 6.55. The fourth-order valence-corrected chi connectivity index (χ4v) is 5.36. The van der Waals surface area contributed by atoms with Gasteiger partial charge in [0.15, 0.2) is 0 Å². The summed E-state index contributed by atoms with van der Waals surface area (Å²) in [5.41, 5.74) is 4.21. The maximum atomic E-state index is 13.0. The normalized spacial score (nSPS) is 12.2. The number of hydrogen-bond acceptors (Lipinski definition) is 6. The molecular formula is C30H38N4O4Si. The van der Waals surface area contributed by atoms with Crippen LogP contribution in [0, 0.1) is 18.3 Å². The van der Waals surface area contributed by atoms with Gasteiger partial charge in [0.05, 0.1) is 35.3 Å². The van der Waals surface area contributed by atoms with Crippen molar-refractivity contribution in [3.8, 4) is 11.8 Å². The van der Waals surface area contributed by atoms with Crippen LogP contribution in [0.4, 0.5) is 4.79 Å². The van der Waals surface area contributed by atoms with Crippen molar-refractivity contribution >= 4 is 36.1 Å². The second kappa shape index (κ2) is 10.9. The zero-order valence-electron chi connectivity index (χ0n) is 24.2. The number of methoxy groups -OCH3 is 1. The highest BCUT2D eigenvalue weighted by Gasteiger charge is 2.23. The van der Waals surface area contributed by atoms with Gasteiger partial charge in [0.2, 0.25) is 0 Å². The summed E-state index contributed by atoms with van der Waals surface area (Å²) in [7, 11) is 0.407. The van der Waals surface area contributed by atoms with E-state index in [4.69, 9.17) is 19.2 Å². The molecule has 0 spiro atoms. The summed E-state index contributed by atoms with van der Waals surface area (Å²) in [6, 6.07) is 12.7. The van der Waals surface area contributed by atoms with Gasteiger partial charge in [-0.15, -0.1) is 0 Å². The molecule has 0 aliphatic rings. The fourth-order valence-electron chi connectivity index (χ4n) is 4.60. The Labute approximate surface area is 231 Å². The van der Waals surface area contributed by atoms with Crippen LogP contribution in [0.2, 0.25) is 25.7 Å². The first-order chi connectivity index (χ1) is 18.3. The van der Waals surface area contributed by atoms with Crippen molar-refractivity contribution in [2.24, 2.45) is 0 Å². The summed E-state index contributed by atoms with van der Waals surface area (Å²) in [4.78, 5) is 17.9. The number of nitriles is 1. The summed E-state index contributed by atoms with van der Waals surface area (Å²) in [6.45, 7) is 15.5. The number of ether oxygens (including phenoxy) is 3. The number of carbonyl (C=O) groups is 1. The van der Waals surface area contributed by atoms with Crippen molar-refractivity contribution in [2.75, 3.05) is 13.7 Å². The molecule has 2 heterocycles. The Balaban J connectivity index is 1.79. The van der Waals surface area contributed by atoms with Crippen molar-refractivity contribution < 1.29 is 19.0 Å². The van der Waals surface area contributed by atoms with Crippen LogP contribution in [0.25, 0.3) is 21.9 Å². The minimum Gasteiger partial charge on any atom is -0.496 e. The van der Waals surface area contributed by atoms with Gasteiger partial charge in [0.1, 0.15) is 23.9 Å². The summed E-state index contributed by atoms with van der Waals surface area (Å²) < 4.78 is 21.2. The van der Waals surface area contributed by atoms with Gasteiger partial charge >= 0.3 is 6.09 Å². The average molecular weight is 547 g/mol. The molecule has 206 valence electrons. The Hall–Kier alpha value is -3.61. The minimum absolute atomic E-state index is 0.335. The van der Waals surface area contributed by atoms with Crippen LogP contribution in [0.1, 0.15) is 43.3 Å². The van der Waals surface area contributed by atoms with Gasteiger partial charge in [-0.2, -0.15) is 5.26 Å².